The Labute approximate surface area is 138 Å². The van der Waals surface area contributed by atoms with E-state index >= 15 is 0 Å². The van der Waals surface area contributed by atoms with Crippen molar-refractivity contribution in [3.63, 3.8) is 0 Å². The molecule has 2 nitrogen and oxygen atoms in total. The van der Waals surface area contributed by atoms with Crippen LogP contribution in [0.4, 0.5) is 17.6 Å². The lowest BCUT2D eigenvalue weighted by molar-refractivity contribution is -0.137. The molecule has 1 unspecified atom stereocenters. The Balaban J connectivity index is 2.03. The molecule has 0 aromatic heterocycles. The van der Waals surface area contributed by atoms with Crippen LogP contribution in [0, 0.1) is 5.82 Å². The molecule has 2 atom stereocenters. The zero-order chi connectivity index (χ0) is 17.7. The van der Waals surface area contributed by atoms with Gasteiger partial charge in [0.2, 0.25) is 0 Å². The SMILES string of the molecule is CC[C@@H](NCC(O)c1cccc(C(F)(F)F)c1)c1ccc(F)cc1. The van der Waals surface area contributed by atoms with E-state index in [0.29, 0.717) is 6.42 Å². The molecule has 0 amide bonds. The van der Waals surface area contributed by atoms with Gasteiger partial charge in [-0.25, -0.2) is 4.39 Å². The molecule has 2 N–H and O–H groups in total. The average Bonchev–Trinajstić information content (AvgIpc) is 2.56. The third-order valence-electron chi connectivity index (χ3n) is 3.84. The molecule has 0 saturated heterocycles. The number of hydrogen-bond acceptors (Lipinski definition) is 2. The molecule has 0 radical (unpaired) electrons. The first-order valence-corrected chi connectivity index (χ1v) is 7.65. The van der Waals surface area contributed by atoms with Crippen LogP contribution < -0.4 is 5.32 Å². The van der Waals surface area contributed by atoms with E-state index in [1.807, 2.05) is 6.92 Å². The molecule has 6 heteroatoms. The van der Waals surface area contributed by atoms with Crippen molar-refractivity contribution < 1.29 is 22.7 Å². The van der Waals surface area contributed by atoms with Gasteiger partial charge in [0.05, 0.1) is 11.7 Å². The lowest BCUT2D eigenvalue weighted by Gasteiger charge is -2.20. The number of rotatable bonds is 6. The van der Waals surface area contributed by atoms with Crippen molar-refractivity contribution in [2.45, 2.75) is 31.7 Å². The predicted molar refractivity (Wildman–Crippen MR) is 83.8 cm³/mol. The van der Waals surface area contributed by atoms with E-state index in [9.17, 15) is 22.7 Å². The van der Waals surface area contributed by atoms with Crippen LogP contribution in [-0.2, 0) is 6.18 Å². The molecule has 0 bridgehead atoms. The number of halogens is 4. The maximum Gasteiger partial charge on any atom is 0.416 e. The quantitative estimate of drug-likeness (QED) is 0.752. The topological polar surface area (TPSA) is 32.3 Å². The van der Waals surface area contributed by atoms with Crippen LogP contribution in [0.3, 0.4) is 0 Å². The fourth-order valence-corrected chi connectivity index (χ4v) is 2.49. The van der Waals surface area contributed by atoms with E-state index in [1.165, 1.54) is 24.3 Å². The lowest BCUT2D eigenvalue weighted by Crippen LogP contribution is -2.26. The summed E-state index contributed by atoms with van der Waals surface area (Å²) in [6.07, 6.45) is -4.81. The van der Waals surface area contributed by atoms with Crippen LogP contribution >= 0.6 is 0 Å². The second-order valence-electron chi connectivity index (χ2n) is 5.56. The van der Waals surface area contributed by atoms with Crippen molar-refractivity contribution >= 4 is 0 Å². The molecule has 0 fully saturated rings. The first-order valence-electron chi connectivity index (χ1n) is 7.65. The van der Waals surface area contributed by atoms with Crippen LogP contribution in [0.25, 0.3) is 0 Å². The molecule has 2 aromatic carbocycles. The summed E-state index contributed by atoms with van der Waals surface area (Å²) < 4.78 is 51.1. The van der Waals surface area contributed by atoms with E-state index < -0.39 is 17.8 Å². The van der Waals surface area contributed by atoms with Crippen molar-refractivity contribution in [3.05, 3.63) is 71.0 Å². The van der Waals surface area contributed by atoms with Gasteiger partial charge in [0, 0.05) is 12.6 Å². The van der Waals surface area contributed by atoms with Gasteiger partial charge in [-0.05, 0) is 41.8 Å². The Morgan fingerprint density at radius 1 is 1.04 bits per heavy atom. The number of hydrogen-bond donors (Lipinski definition) is 2. The average molecular weight is 341 g/mol. The number of aliphatic hydroxyl groups is 1. The zero-order valence-electron chi connectivity index (χ0n) is 13.1. The molecule has 0 aliphatic carbocycles. The molecule has 2 aromatic rings. The minimum Gasteiger partial charge on any atom is -0.387 e. The van der Waals surface area contributed by atoms with Crippen LogP contribution in [0.2, 0.25) is 0 Å². The van der Waals surface area contributed by atoms with Crippen molar-refractivity contribution in [1.29, 1.82) is 0 Å². The van der Waals surface area contributed by atoms with E-state index in [4.69, 9.17) is 0 Å². The molecule has 0 spiro atoms. The highest BCUT2D eigenvalue weighted by Gasteiger charge is 2.30. The maximum absolute atomic E-state index is 13.0. The number of nitrogens with one attached hydrogen (secondary N) is 1. The summed E-state index contributed by atoms with van der Waals surface area (Å²) >= 11 is 0. The fraction of sp³-hybridized carbons (Fsp3) is 0.333. The second kappa shape index (κ2) is 7.77. The maximum atomic E-state index is 13.0. The summed E-state index contributed by atoms with van der Waals surface area (Å²) in [6, 6.07) is 10.5. The highest BCUT2D eigenvalue weighted by atomic mass is 19.4. The third kappa shape index (κ3) is 4.79. The number of alkyl halides is 3. The van der Waals surface area contributed by atoms with Crippen LogP contribution in [-0.4, -0.2) is 11.7 Å². The van der Waals surface area contributed by atoms with E-state index in [-0.39, 0.29) is 24.0 Å². The highest BCUT2D eigenvalue weighted by molar-refractivity contribution is 5.27. The molecule has 24 heavy (non-hydrogen) atoms. The van der Waals surface area contributed by atoms with Gasteiger partial charge < -0.3 is 10.4 Å². The number of aliphatic hydroxyl groups excluding tert-OH is 1. The van der Waals surface area contributed by atoms with Crippen LogP contribution in [0.1, 0.15) is 42.2 Å². The van der Waals surface area contributed by atoms with Gasteiger partial charge in [-0.2, -0.15) is 13.2 Å². The van der Waals surface area contributed by atoms with Gasteiger partial charge in [-0.15, -0.1) is 0 Å². The Morgan fingerprint density at radius 2 is 1.71 bits per heavy atom. The van der Waals surface area contributed by atoms with E-state index in [2.05, 4.69) is 5.32 Å². The van der Waals surface area contributed by atoms with Crippen LogP contribution in [0.5, 0.6) is 0 Å². The van der Waals surface area contributed by atoms with Crippen molar-refractivity contribution in [2.24, 2.45) is 0 Å². The van der Waals surface area contributed by atoms with Gasteiger partial charge in [0.15, 0.2) is 0 Å². The smallest absolute Gasteiger partial charge is 0.387 e. The Hall–Kier alpha value is -1.92. The Kier molecular flexibility index (Phi) is 5.96. The molecular weight excluding hydrogens is 322 g/mol. The fourth-order valence-electron chi connectivity index (χ4n) is 2.49. The van der Waals surface area contributed by atoms with Crippen molar-refractivity contribution in [2.75, 3.05) is 6.54 Å². The standard InChI is InChI=1S/C18H19F4NO/c1-2-16(12-6-8-15(19)9-7-12)23-11-17(24)13-4-3-5-14(10-13)18(20,21)22/h3-10,16-17,23-24H,2,11H2,1H3/t16-,17?/m1/s1. The Bertz CT molecular complexity index is 655. The van der Waals surface area contributed by atoms with Gasteiger partial charge in [-0.1, -0.05) is 31.2 Å². The van der Waals surface area contributed by atoms with E-state index in [0.717, 1.165) is 17.7 Å². The summed E-state index contributed by atoms with van der Waals surface area (Å²) in [5.41, 5.74) is 0.269. The van der Waals surface area contributed by atoms with Gasteiger partial charge in [0.25, 0.3) is 0 Å². The highest BCUT2D eigenvalue weighted by Crippen LogP contribution is 2.30. The zero-order valence-corrected chi connectivity index (χ0v) is 13.1. The van der Waals surface area contributed by atoms with E-state index in [1.54, 1.807) is 12.1 Å². The molecule has 130 valence electrons. The summed E-state index contributed by atoms with van der Waals surface area (Å²) in [5.74, 6) is -0.336. The molecule has 0 heterocycles. The molecule has 2 rings (SSSR count). The molecule has 0 aliphatic heterocycles. The number of benzene rings is 2. The van der Waals surface area contributed by atoms with Gasteiger partial charge in [-0.3, -0.25) is 0 Å². The largest absolute Gasteiger partial charge is 0.416 e. The van der Waals surface area contributed by atoms with Gasteiger partial charge in [0.1, 0.15) is 5.82 Å². The van der Waals surface area contributed by atoms with Crippen molar-refractivity contribution in [1.82, 2.24) is 5.32 Å². The summed E-state index contributed by atoms with van der Waals surface area (Å²) in [7, 11) is 0. The monoisotopic (exact) mass is 341 g/mol. The first-order chi connectivity index (χ1) is 11.3. The minimum atomic E-state index is -4.44. The van der Waals surface area contributed by atoms with Gasteiger partial charge >= 0.3 is 6.18 Å². The first kappa shape index (κ1) is 18.4. The second-order valence-corrected chi connectivity index (χ2v) is 5.56. The van der Waals surface area contributed by atoms with Crippen LogP contribution in [0.15, 0.2) is 48.5 Å². The molecule has 0 aliphatic rings. The summed E-state index contributed by atoms with van der Waals surface area (Å²) in [4.78, 5) is 0. The Morgan fingerprint density at radius 3 is 2.29 bits per heavy atom. The normalized spacial score (nSPS) is 14.4. The lowest BCUT2D eigenvalue weighted by atomic mass is 10.0. The van der Waals surface area contributed by atoms with Crippen molar-refractivity contribution in [3.8, 4) is 0 Å². The third-order valence-corrected chi connectivity index (χ3v) is 3.84. The summed E-state index contributed by atoms with van der Waals surface area (Å²) in [6.45, 7) is 2.02. The predicted octanol–water partition coefficient (Wildman–Crippen LogP) is 4.62. The minimum absolute atomic E-state index is 0.0944. The summed E-state index contributed by atoms with van der Waals surface area (Å²) in [5, 5.41) is 13.3. The molecular formula is C18H19F4NO. The molecule has 0 saturated carbocycles.